The lowest BCUT2D eigenvalue weighted by Crippen LogP contribution is -2.54. The first-order valence-electron chi connectivity index (χ1n) is 9.90. The van der Waals surface area contributed by atoms with Crippen LogP contribution in [0.3, 0.4) is 0 Å². The van der Waals surface area contributed by atoms with Crippen molar-refractivity contribution in [3.05, 3.63) is 71.5 Å². The summed E-state index contributed by atoms with van der Waals surface area (Å²) in [6.45, 7) is 3.58. The molecule has 31 heavy (non-hydrogen) atoms. The number of amides is 2. The van der Waals surface area contributed by atoms with E-state index in [9.17, 15) is 18.8 Å². The van der Waals surface area contributed by atoms with Gasteiger partial charge in [-0.1, -0.05) is 56.3 Å². The zero-order chi connectivity index (χ0) is 22.8. The van der Waals surface area contributed by atoms with E-state index in [0.717, 1.165) is 5.56 Å². The molecule has 0 unspecified atom stereocenters. The van der Waals surface area contributed by atoms with Crippen molar-refractivity contribution < 1.29 is 28.2 Å². The molecule has 2 atom stereocenters. The van der Waals surface area contributed by atoms with Crippen molar-refractivity contribution in [2.75, 3.05) is 7.11 Å². The molecule has 166 valence electrons. The van der Waals surface area contributed by atoms with E-state index in [0.29, 0.717) is 5.56 Å². The number of halogens is 1. The van der Waals surface area contributed by atoms with Crippen LogP contribution in [0.4, 0.5) is 9.18 Å². The van der Waals surface area contributed by atoms with Crippen LogP contribution >= 0.6 is 0 Å². The predicted octanol–water partition coefficient (Wildman–Crippen LogP) is 2.98. The van der Waals surface area contributed by atoms with Gasteiger partial charge in [-0.2, -0.15) is 0 Å². The molecule has 0 saturated heterocycles. The van der Waals surface area contributed by atoms with Crippen LogP contribution in [0.25, 0.3) is 0 Å². The first-order valence-corrected chi connectivity index (χ1v) is 9.90. The van der Waals surface area contributed by atoms with Crippen LogP contribution < -0.4 is 10.6 Å². The third-order valence-electron chi connectivity index (χ3n) is 4.59. The van der Waals surface area contributed by atoms with Gasteiger partial charge >= 0.3 is 12.1 Å². The maximum Gasteiger partial charge on any atom is 0.408 e. The first kappa shape index (κ1) is 23.9. The molecule has 0 aliphatic carbocycles. The molecule has 8 heteroatoms. The van der Waals surface area contributed by atoms with Crippen molar-refractivity contribution in [1.82, 2.24) is 10.6 Å². The van der Waals surface area contributed by atoms with Crippen molar-refractivity contribution in [3.8, 4) is 0 Å². The van der Waals surface area contributed by atoms with E-state index < -0.39 is 35.9 Å². The zero-order valence-corrected chi connectivity index (χ0v) is 17.8. The number of rotatable bonds is 9. The van der Waals surface area contributed by atoms with Crippen molar-refractivity contribution in [2.45, 2.75) is 39.0 Å². The van der Waals surface area contributed by atoms with E-state index in [4.69, 9.17) is 9.47 Å². The molecule has 2 amide bonds. The summed E-state index contributed by atoms with van der Waals surface area (Å²) in [6, 6.07) is 12.8. The highest BCUT2D eigenvalue weighted by atomic mass is 19.1. The Bertz CT molecular complexity index is 871. The van der Waals surface area contributed by atoms with Crippen molar-refractivity contribution >= 4 is 18.0 Å². The van der Waals surface area contributed by atoms with Gasteiger partial charge in [-0.25, -0.2) is 14.0 Å². The topological polar surface area (TPSA) is 93.7 Å². The second-order valence-electron chi connectivity index (χ2n) is 7.34. The fourth-order valence-electron chi connectivity index (χ4n) is 2.88. The number of methoxy groups -OCH3 is 1. The summed E-state index contributed by atoms with van der Waals surface area (Å²) < 4.78 is 23.1. The highest BCUT2D eigenvalue weighted by Gasteiger charge is 2.29. The summed E-state index contributed by atoms with van der Waals surface area (Å²) in [5.74, 6) is -1.87. The summed E-state index contributed by atoms with van der Waals surface area (Å²) in [7, 11) is 1.21. The van der Waals surface area contributed by atoms with E-state index in [2.05, 4.69) is 10.6 Å². The van der Waals surface area contributed by atoms with Crippen LogP contribution in [-0.4, -0.2) is 37.2 Å². The van der Waals surface area contributed by atoms with E-state index in [-0.39, 0.29) is 18.9 Å². The molecular weight excluding hydrogens is 403 g/mol. The molecule has 0 aliphatic rings. The number of esters is 1. The van der Waals surface area contributed by atoms with Crippen molar-refractivity contribution in [3.63, 3.8) is 0 Å². The first-order chi connectivity index (χ1) is 14.8. The number of carbonyl (C=O) groups excluding carboxylic acids is 3. The zero-order valence-electron chi connectivity index (χ0n) is 17.8. The third kappa shape index (κ3) is 7.73. The Morgan fingerprint density at radius 2 is 1.58 bits per heavy atom. The van der Waals surface area contributed by atoms with E-state index in [1.807, 2.05) is 30.3 Å². The molecule has 0 spiro atoms. The quantitative estimate of drug-likeness (QED) is 0.597. The lowest BCUT2D eigenvalue weighted by Gasteiger charge is -2.24. The van der Waals surface area contributed by atoms with Gasteiger partial charge in [-0.3, -0.25) is 4.79 Å². The molecule has 0 heterocycles. The summed E-state index contributed by atoms with van der Waals surface area (Å²) in [5.41, 5.74) is 1.46. The van der Waals surface area contributed by atoms with Gasteiger partial charge in [0, 0.05) is 6.42 Å². The average molecular weight is 430 g/mol. The molecule has 2 N–H and O–H groups in total. The second-order valence-corrected chi connectivity index (χ2v) is 7.34. The van der Waals surface area contributed by atoms with E-state index in [1.54, 1.807) is 13.8 Å². The molecule has 0 bridgehead atoms. The van der Waals surface area contributed by atoms with Crippen molar-refractivity contribution in [2.24, 2.45) is 5.92 Å². The Morgan fingerprint density at radius 3 is 2.16 bits per heavy atom. The number of hydrogen-bond donors (Lipinski definition) is 2. The Balaban J connectivity index is 2.00. The monoisotopic (exact) mass is 430 g/mol. The minimum Gasteiger partial charge on any atom is -0.467 e. The molecule has 0 fully saturated rings. The molecule has 0 aliphatic heterocycles. The minimum absolute atomic E-state index is 0.0639. The number of nitrogens with one attached hydrogen (secondary N) is 2. The summed E-state index contributed by atoms with van der Waals surface area (Å²) in [5, 5.41) is 5.16. The van der Waals surface area contributed by atoms with Gasteiger partial charge in [0.15, 0.2) is 0 Å². The van der Waals surface area contributed by atoms with Crippen LogP contribution in [0.2, 0.25) is 0 Å². The maximum atomic E-state index is 13.1. The molecule has 2 rings (SSSR count). The van der Waals surface area contributed by atoms with Gasteiger partial charge in [-0.05, 0) is 29.2 Å². The largest absolute Gasteiger partial charge is 0.467 e. The van der Waals surface area contributed by atoms with Crippen LogP contribution in [0.15, 0.2) is 54.6 Å². The van der Waals surface area contributed by atoms with Crippen LogP contribution in [0, 0.1) is 11.7 Å². The fourth-order valence-corrected chi connectivity index (χ4v) is 2.88. The van der Waals surface area contributed by atoms with Gasteiger partial charge in [0.05, 0.1) is 7.11 Å². The predicted molar refractivity (Wildman–Crippen MR) is 112 cm³/mol. The van der Waals surface area contributed by atoms with Crippen molar-refractivity contribution in [1.29, 1.82) is 0 Å². The van der Waals surface area contributed by atoms with Gasteiger partial charge < -0.3 is 20.1 Å². The Labute approximate surface area is 180 Å². The molecule has 2 aromatic carbocycles. The van der Waals surface area contributed by atoms with Crippen LogP contribution in [-0.2, 0) is 32.1 Å². The van der Waals surface area contributed by atoms with Gasteiger partial charge in [0.2, 0.25) is 5.91 Å². The standard InChI is InChI=1S/C23H27FN2O5/c1-15(2)20(26-23(29)31-14-17-7-5-4-6-8-17)21(27)25-19(22(28)30-3)13-16-9-11-18(24)12-10-16/h4-12,15,19-20H,13-14H2,1-3H3,(H,25,27)(H,26,29)/t19-,20+/m1/s1. The smallest absolute Gasteiger partial charge is 0.408 e. The summed E-state index contributed by atoms with van der Waals surface area (Å²) in [6.07, 6.45) is -0.632. The number of alkyl carbamates (subject to hydrolysis) is 1. The Kier molecular flexibility index (Phi) is 8.99. The highest BCUT2D eigenvalue weighted by molar-refractivity contribution is 5.90. The second kappa shape index (κ2) is 11.7. The fraction of sp³-hybridized carbons (Fsp3) is 0.348. The van der Waals surface area contributed by atoms with Gasteiger partial charge in [-0.15, -0.1) is 0 Å². The summed E-state index contributed by atoms with van der Waals surface area (Å²) in [4.78, 5) is 37.2. The SMILES string of the molecule is COC(=O)[C@@H](Cc1ccc(F)cc1)NC(=O)[C@@H](NC(=O)OCc1ccccc1)C(C)C. The molecule has 0 saturated carbocycles. The number of benzene rings is 2. The lowest BCUT2D eigenvalue weighted by atomic mass is 10.0. The maximum absolute atomic E-state index is 13.1. The van der Waals surface area contributed by atoms with Crippen LogP contribution in [0.5, 0.6) is 0 Å². The Morgan fingerprint density at radius 1 is 0.935 bits per heavy atom. The van der Waals surface area contributed by atoms with Crippen LogP contribution in [0.1, 0.15) is 25.0 Å². The average Bonchev–Trinajstić information content (AvgIpc) is 2.76. The minimum atomic E-state index is -0.994. The van der Waals surface area contributed by atoms with Gasteiger partial charge in [0.25, 0.3) is 0 Å². The lowest BCUT2D eigenvalue weighted by molar-refractivity contribution is -0.145. The molecule has 0 radical (unpaired) electrons. The van der Waals surface area contributed by atoms with E-state index >= 15 is 0 Å². The summed E-state index contributed by atoms with van der Waals surface area (Å²) >= 11 is 0. The number of hydrogen-bond acceptors (Lipinski definition) is 5. The molecule has 2 aromatic rings. The molecular formula is C23H27FN2O5. The highest BCUT2D eigenvalue weighted by Crippen LogP contribution is 2.09. The number of carbonyl (C=O) groups is 3. The van der Waals surface area contributed by atoms with E-state index in [1.165, 1.54) is 31.4 Å². The normalized spacial score (nSPS) is 12.5. The number of ether oxygens (including phenoxy) is 2. The molecule has 0 aromatic heterocycles. The third-order valence-corrected chi connectivity index (χ3v) is 4.59. The Hall–Kier alpha value is -3.42. The molecule has 7 nitrogen and oxygen atoms in total. The van der Waals surface area contributed by atoms with Gasteiger partial charge in [0.1, 0.15) is 24.5 Å².